The van der Waals surface area contributed by atoms with E-state index < -0.39 is 11.5 Å². The fourth-order valence-corrected chi connectivity index (χ4v) is 1.43. The van der Waals surface area contributed by atoms with Gasteiger partial charge in [0, 0.05) is 11.6 Å². The molecule has 0 aliphatic heterocycles. The van der Waals surface area contributed by atoms with Crippen LogP contribution in [-0.2, 0) is 4.79 Å². The van der Waals surface area contributed by atoms with E-state index in [0.717, 1.165) is 0 Å². The number of anilines is 1. The fourth-order valence-electron chi connectivity index (χ4n) is 1.18. The van der Waals surface area contributed by atoms with Crippen LogP contribution in [0, 0.1) is 0 Å². The Morgan fingerprint density at radius 3 is 3.06 bits per heavy atom. The van der Waals surface area contributed by atoms with Gasteiger partial charge in [-0.15, -0.1) is 0 Å². The first kappa shape index (κ1) is 11.1. The maximum absolute atomic E-state index is 12.4. The first-order valence-corrected chi connectivity index (χ1v) is 4.98. The lowest BCUT2D eigenvalue weighted by Gasteiger charge is -2.00. The van der Waals surface area contributed by atoms with E-state index in [9.17, 15) is 9.18 Å². The summed E-state index contributed by atoms with van der Waals surface area (Å²) in [6, 6.07) is 1.59. The minimum absolute atomic E-state index is 0.160. The molecule has 0 spiro atoms. The maximum Gasteiger partial charge on any atom is 0.275 e. The molecule has 0 aliphatic rings. The van der Waals surface area contributed by atoms with Crippen LogP contribution in [0.2, 0.25) is 5.15 Å². The number of hydrogen-bond donors (Lipinski definition) is 2. The van der Waals surface area contributed by atoms with E-state index in [1.807, 2.05) is 0 Å². The molecule has 0 saturated carbocycles. The number of alkyl halides is 2. The van der Waals surface area contributed by atoms with Crippen molar-refractivity contribution in [1.29, 1.82) is 0 Å². The summed E-state index contributed by atoms with van der Waals surface area (Å²) in [5.74, 6) is -0.824. The average molecular weight is 263 g/mol. The highest BCUT2D eigenvalue weighted by Gasteiger charge is 2.17. The molecule has 5 nitrogen and oxygen atoms in total. The number of halogens is 3. The summed E-state index contributed by atoms with van der Waals surface area (Å²) in [6.07, 6.45) is 1.45. The normalized spacial score (nSPS) is 12.7. The van der Waals surface area contributed by atoms with E-state index in [-0.39, 0.29) is 11.0 Å². The van der Waals surface area contributed by atoms with Crippen LogP contribution in [0.5, 0.6) is 0 Å². The number of carbonyl (C=O) groups excluding carboxylic acids is 1. The molecule has 0 bridgehead atoms. The number of aromatic nitrogens is 3. The number of rotatable bonds is 2. The quantitative estimate of drug-likeness (QED) is 0.643. The van der Waals surface area contributed by atoms with E-state index in [1.54, 1.807) is 6.07 Å². The average Bonchev–Trinajstić information content (AvgIpc) is 2.63. The van der Waals surface area contributed by atoms with Crippen LogP contribution in [0.4, 0.5) is 10.2 Å². The van der Waals surface area contributed by atoms with Gasteiger partial charge < -0.3 is 5.32 Å². The second-order valence-electron chi connectivity index (χ2n) is 2.89. The Bertz CT molecular complexity index is 542. The fraction of sp³-hybridized carbons (Fsp3) is 0.125. The molecule has 16 heavy (non-hydrogen) atoms. The minimum atomic E-state index is -2.12. The third-order valence-electron chi connectivity index (χ3n) is 1.88. The van der Waals surface area contributed by atoms with Gasteiger partial charge in [0.25, 0.3) is 11.5 Å². The topological polar surface area (TPSA) is 70.7 Å². The van der Waals surface area contributed by atoms with Gasteiger partial charge in [0.1, 0.15) is 5.52 Å². The van der Waals surface area contributed by atoms with E-state index in [2.05, 4.69) is 20.5 Å². The van der Waals surface area contributed by atoms with Crippen molar-refractivity contribution in [3.8, 4) is 0 Å². The van der Waals surface area contributed by atoms with Gasteiger partial charge in [0.15, 0.2) is 11.0 Å². The molecule has 2 aromatic rings. The SMILES string of the molecule is O=C(Nc1n[nH]c2c(Cl)nccc12)C(F)Cl. The third-order valence-corrected chi connectivity index (χ3v) is 2.36. The van der Waals surface area contributed by atoms with Crippen molar-refractivity contribution in [3.63, 3.8) is 0 Å². The summed E-state index contributed by atoms with van der Waals surface area (Å²) in [4.78, 5) is 14.8. The molecular weight excluding hydrogens is 258 g/mol. The highest BCUT2D eigenvalue weighted by atomic mass is 35.5. The van der Waals surface area contributed by atoms with Crippen molar-refractivity contribution < 1.29 is 9.18 Å². The first-order chi connectivity index (χ1) is 7.59. The zero-order chi connectivity index (χ0) is 11.7. The lowest BCUT2D eigenvalue weighted by molar-refractivity contribution is -0.118. The smallest absolute Gasteiger partial charge is 0.275 e. The van der Waals surface area contributed by atoms with Gasteiger partial charge in [-0.1, -0.05) is 23.2 Å². The molecule has 2 N–H and O–H groups in total. The van der Waals surface area contributed by atoms with Gasteiger partial charge >= 0.3 is 0 Å². The number of nitrogens with one attached hydrogen (secondary N) is 2. The molecule has 1 unspecified atom stereocenters. The monoisotopic (exact) mass is 262 g/mol. The molecule has 0 saturated heterocycles. The molecule has 84 valence electrons. The molecule has 8 heteroatoms. The van der Waals surface area contributed by atoms with E-state index in [0.29, 0.717) is 10.9 Å². The number of carbonyl (C=O) groups is 1. The predicted molar refractivity (Wildman–Crippen MR) is 58.3 cm³/mol. The van der Waals surface area contributed by atoms with Crippen LogP contribution in [0.25, 0.3) is 10.9 Å². The lowest BCUT2D eigenvalue weighted by atomic mass is 10.3. The molecule has 1 amide bonds. The lowest BCUT2D eigenvalue weighted by Crippen LogP contribution is -2.19. The highest BCUT2D eigenvalue weighted by molar-refractivity contribution is 6.34. The van der Waals surface area contributed by atoms with Crippen LogP contribution in [0.15, 0.2) is 12.3 Å². The molecule has 2 aromatic heterocycles. The summed E-state index contributed by atoms with van der Waals surface area (Å²) in [5.41, 5.74) is -1.66. The molecule has 0 aliphatic carbocycles. The Balaban J connectivity index is 2.39. The van der Waals surface area contributed by atoms with E-state index in [4.69, 9.17) is 23.2 Å². The van der Waals surface area contributed by atoms with Gasteiger partial charge in [-0.25, -0.2) is 9.37 Å². The number of aromatic amines is 1. The largest absolute Gasteiger partial charge is 0.305 e. The Hall–Kier alpha value is -1.40. The molecule has 0 radical (unpaired) electrons. The van der Waals surface area contributed by atoms with Crippen molar-refractivity contribution >= 4 is 45.8 Å². The van der Waals surface area contributed by atoms with Crippen LogP contribution >= 0.6 is 23.2 Å². The van der Waals surface area contributed by atoms with Crippen LogP contribution in [0.3, 0.4) is 0 Å². The molecule has 2 rings (SSSR count). The number of H-pyrrole nitrogens is 1. The van der Waals surface area contributed by atoms with Gasteiger partial charge in [-0.3, -0.25) is 9.89 Å². The standard InChI is InChI=1S/C8H5Cl2FN4O/c9-5(11)8(16)13-7-3-1-2-12-6(10)4(3)14-15-7/h1-2,5H,(H2,13,14,15,16). The zero-order valence-corrected chi connectivity index (χ0v) is 9.18. The highest BCUT2D eigenvalue weighted by Crippen LogP contribution is 2.24. The van der Waals surface area contributed by atoms with Gasteiger partial charge in [0.2, 0.25) is 0 Å². The third kappa shape index (κ3) is 1.94. The zero-order valence-electron chi connectivity index (χ0n) is 7.67. The van der Waals surface area contributed by atoms with Gasteiger partial charge in [0.05, 0.1) is 0 Å². The molecule has 2 heterocycles. The van der Waals surface area contributed by atoms with E-state index in [1.165, 1.54) is 6.20 Å². The molecular formula is C8H5Cl2FN4O. The number of pyridine rings is 1. The molecule has 0 fully saturated rings. The van der Waals surface area contributed by atoms with Crippen molar-refractivity contribution in [2.75, 3.05) is 5.32 Å². The van der Waals surface area contributed by atoms with Crippen LogP contribution in [0.1, 0.15) is 0 Å². The first-order valence-electron chi connectivity index (χ1n) is 4.17. The second-order valence-corrected chi connectivity index (χ2v) is 3.63. The Morgan fingerprint density at radius 1 is 1.62 bits per heavy atom. The number of amides is 1. The van der Waals surface area contributed by atoms with Crippen molar-refractivity contribution in [2.45, 2.75) is 5.63 Å². The summed E-state index contributed by atoms with van der Waals surface area (Å²) in [7, 11) is 0. The Morgan fingerprint density at radius 2 is 2.38 bits per heavy atom. The summed E-state index contributed by atoms with van der Waals surface area (Å²) >= 11 is 10.7. The maximum atomic E-state index is 12.4. The van der Waals surface area contributed by atoms with Gasteiger partial charge in [-0.05, 0) is 6.07 Å². The minimum Gasteiger partial charge on any atom is -0.305 e. The Kier molecular flexibility index (Phi) is 2.93. The number of nitrogens with zero attached hydrogens (tertiary/aromatic N) is 2. The molecule has 1 atom stereocenters. The summed E-state index contributed by atoms with van der Waals surface area (Å²) in [6.45, 7) is 0. The summed E-state index contributed by atoms with van der Waals surface area (Å²) < 4.78 is 12.4. The van der Waals surface area contributed by atoms with Crippen LogP contribution in [-0.4, -0.2) is 26.7 Å². The number of hydrogen-bond acceptors (Lipinski definition) is 3. The number of fused-ring (bicyclic) bond motifs is 1. The van der Waals surface area contributed by atoms with Crippen molar-refractivity contribution in [2.24, 2.45) is 0 Å². The Labute approximate surface area is 98.9 Å². The summed E-state index contributed by atoms with van der Waals surface area (Å²) in [5, 5.41) is 9.31. The van der Waals surface area contributed by atoms with Crippen molar-refractivity contribution in [1.82, 2.24) is 15.2 Å². The predicted octanol–water partition coefficient (Wildman–Crippen LogP) is 2.08. The second kappa shape index (κ2) is 4.23. The van der Waals surface area contributed by atoms with Crippen LogP contribution < -0.4 is 5.32 Å². The molecule has 0 aromatic carbocycles. The van der Waals surface area contributed by atoms with Gasteiger partial charge in [-0.2, -0.15) is 5.10 Å². The van der Waals surface area contributed by atoms with Crippen molar-refractivity contribution in [3.05, 3.63) is 17.4 Å². The van der Waals surface area contributed by atoms with E-state index >= 15 is 0 Å².